The van der Waals surface area contributed by atoms with Gasteiger partial charge in [0.2, 0.25) is 5.91 Å². The number of piperidine rings is 1. The molecule has 2 aliphatic rings. The minimum Gasteiger partial charge on any atom is -0.394 e. The van der Waals surface area contributed by atoms with Crippen LogP contribution in [0.25, 0.3) is 0 Å². The van der Waals surface area contributed by atoms with Gasteiger partial charge in [0.1, 0.15) is 6.23 Å². The summed E-state index contributed by atoms with van der Waals surface area (Å²) in [6.45, 7) is 1.36. The summed E-state index contributed by atoms with van der Waals surface area (Å²) in [6.07, 6.45) is 3.61. The van der Waals surface area contributed by atoms with Gasteiger partial charge in [-0.15, -0.1) is 0 Å². The third-order valence-electron chi connectivity index (χ3n) is 6.67. The van der Waals surface area contributed by atoms with Crippen molar-refractivity contribution in [2.75, 3.05) is 25.0 Å². The van der Waals surface area contributed by atoms with Crippen molar-refractivity contribution in [2.45, 2.75) is 49.9 Å². The Bertz CT molecular complexity index is 971. The van der Waals surface area contributed by atoms with Crippen molar-refractivity contribution in [3.05, 3.63) is 47.7 Å². The van der Waals surface area contributed by atoms with Crippen LogP contribution in [0.5, 0.6) is 0 Å². The van der Waals surface area contributed by atoms with Gasteiger partial charge in [-0.05, 0) is 31.2 Å². The molecular weight excluding hydrogens is 408 g/mol. The number of hydrogen-bond donors (Lipinski definition) is 4. The summed E-state index contributed by atoms with van der Waals surface area (Å²) in [7, 11) is 0. The van der Waals surface area contributed by atoms with Crippen LogP contribution < -0.4 is 11.1 Å². The molecule has 1 saturated carbocycles. The van der Waals surface area contributed by atoms with E-state index in [1.807, 2.05) is 30.3 Å². The lowest BCUT2D eigenvalue weighted by atomic mass is 9.84. The van der Waals surface area contributed by atoms with Crippen molar-refractivity contribution in [2.24, 2.45) is 11.7 Å². The van der Waals surface area contributed by atoms with Crippen LogP contribution in [0.1, 0.15) is 55.5 Å². The van der Waals surface area contributed by atoms with Gasteiger partial charge in [-0.3, -0.25) is 14.4 Å². The molecule has 0 bridgehead atoms. The fourth-order valence-corrected chi connectivity index (χ4v) is 4.50. The second-order valence-corrected chi connectivity index (χ2v) is 8.79. The number of hydrogen-bond acceptors (Lipinski definition) is 7. The lowest BCUT2D eigenvalue weighted by Gasteiger charge is -2.43. The molecule has 9 heteroatoms. The molecule has 9 nitrogen and oxygen atoms in total. The monoisotopic (exact) mass is 438 g/mol. The predicted octanol–water partition coefficient (Wildman–Crippen LogP) is 1.62. The number of aliphatic hydroxyl groups excluding tert-OH is 2. The third kappa shape index (κ3) is 4.54. The number of carbonyl (C=O) groups is 1. The van der Waals surface area contributed by atoms with Crippen LogP contribution in [0.4, 0.5) is 5.82 Å². The third-order valence-corrected chi connectivity index (χ3v) is 6.67. The number of carbonyl (C=O) groups excluding carboxylic acids is 1. The van der Waals surface area contributed by atoms with Gasteiger partial charge < -0.3 is 21.3 Å². The molecule has 1 amide bonds. The lowest BCUT2D eigenvalue weighted by molar-refractivity contribution is -0.117. The number of anilines is 1. The normalized spacial score (nSPS) is 20.3. The number of likely N-dealkylation sites (tertiary alicyclic amines) is 1. The Morgan fingerprint density at radius 1 is 1.31 bits per heavy atom. The zero-order chi connectivity index (χ0) is 22.7. The van der Waals surface area contributed by atoms with Crippen LogP contribution in [-0.2, 0) is 10.3 Å². The van der Waals surface area contributed by atoms with Gasteiger partial charge in [0.15, 0.2) is 5.82 Å². The smallest absolute Gasteiger partial charge is 0.228 e. The first-order valence-corrected chi connectivity index (χ1v) is 11.1. The number of nitrogens with two attached hydrogens (primary N) is 1. The summed E-state index contributed by atoms with van der Waals surface area (Å²) < 4.78 is 1.71. The van der Waals surface area contributed by atoms with E-state index in [1.54, 1.807) is 10.9 Å². The van der Waals surface area contributed by atoms with E-state index < -0.39 is 11.8 Å². The summed E-state index contributed by atoms with van der Waals surface area (Å²) in [4.78, 5) is 14.5. The fourth-order valence-electron chi connectivity index (χ4n) is 4.50. The summed E-state index contributed by atoms with van der Waals surface area (Å²) in [5.74, 6) is 0.136. The van der Waals surface area contributed by atoms with Crippen LogP contribution in [0.15, 0.2) is 36.5 Å². The molecule has 2 atom stereocenters. The molecule has 2 heterocycles. The summed E-state index contributed by atoms with van der Waals surface area (Å²) in [5, 5.41) is 37.0. The number of benzene rings is 1. The Balaban J connectivity index is 1.56. The molecular formula is C23H30N6O3. The second kappa shape index (κ2) is 9.38. The maximum atomic E-state index is 12.3. The standard InChI is InChI=1S/C23H30N6O3/c24-11-8-23(9-12-28(13-10-23)19(15-30)16-4-2-1-3-5-16)29-14-18(20(25)31)21(27-29)26-22(32)17-6-7-17/h1-5,14,17,19-20,30-31H,6-10,12-13,15,25H2,(H,26,27,32). The van der Waals surface area contributed by atoms with Crippen molar-refractivity contribution in [3.63, 3.8) is 0 Å². The molecule has 1 aromatic heterocycles. The fraction of sp³-hybridized carbons (Fsp3) is 0.522. The minimum absolute atomic E-state index is 0.00683. The van der Waals surface area contributed by atoms with Gasteiger partial charge in [-0.25, -0.2) is 0 Å². The summed E-state index contributed by atoms with van der Waals surface area (Å²) >= 11 is 0. The van der Waals surface area contributed by atoms with Crippen molar-refractivity contribution in [1.82, 2.24) is 14.7 Å². The average Bonchev–Trinajstić information content (AvgIpc) is 3.56. The van der Waals surface area contributed by atoms with Crippen molar-refractivity contribution in [3.8, 4) is 6.07 Å². The Morgan fingerprint density at radius 2 is 2.00 bits per heavy atom. The van der Waals surface area contributed by atoms with Gasteiger partial charge in [0, 0.05) is 25.2 Å². The molecule has 170 valence electrons. The molecule has 5 N–H and O–H groups in total. The average molecular weight is 439 g/mol. The topological polar surface area (TPSA) is 140 Å². The Labute approximate surface area is 187 Å². The van der Waals surface area contributed by atoms with Gasteiger partial charge in [0.05, 0.1) is 36.2 Å². The first kappa shape index (κ1) is 22.4. The Hall–Kier alpha value is -2.77. The number of nitrogens with one attached hydrogen (secondary N) is 1. The van der Waals surface area contributed by atoms with E-state index in [2.05, 4.69) is 21.4 Å². The molecule has 1 aliphatic carbocycles. The molecule has 1 aliphatic heterocycles. The van der Waals surface area contributed by atoms with Crippen LogP contribution >= 0.6 is 0 Å². The lowest BCUT2D eigenvalue weighted by Crippen LogP contribution is -2.48. The quantitative estimate of drug-likeness (QED) is 0.459. The minimum atomic E-state index is -1.28. The number of nitriles is 1. The molecule has 0 radical (unpaired) electrons. The van der Waals surface area contributed by atoms with Gasteiger partial charge >= 0.3 is 0 Å². The van der Waals surface area contributed by atoms with E-state index in [4.69, 9.17) is 5.73 Å². The predicted molar refractivity (Wildman–Crippen MR) is 118 cm³/mol. The summed E-state index contributed by atoms with van der Waals surface area (Å²) in [6, 6.07) is 12.1. The molecule has 1 saturated heterocycles. The van der Waals surface area contributed by atoms with Gasteiger partial charge in [0.25, 0.3) is 0 Å². The van der Waals surface area contributed by atoms with Crippen LogP contribution in [0, 0.1) is 17.2 Å². The van der Waals surface area contributed by atoms with Gasteiger partial charge in [-0.1, -0.05) is 30.3 Å². The van der Waals surface area contributed by atoms with Crippen molar-refractivity contribution >= 4 is 11.7 Å². The van der Waals surface area contributed by atoms with Crippen molar-refractivity contribution in [1.29, 1.82) is 5.26 Å². The maximum absolute atomic E-state index is 12.3. The summed E-state index contributed by atoms with van der Waals surface area (Å²) in [5.41, 5.74) is 6.56. The number of aliphatic hydroxyl groups is 2. The van der Waals surface area contributed by atoms with Crippen LogP contribution in [0.2, 0.25) is 0 Å². The Kier molecular flexibility index (Phi) is 6.58. The molecule has 2 fully saturated rings. The van der Waals surface area contributed by atoms with Crippen molar-refractivity contribution < 1.29 is 15.0 Å². The zero-order valence-corrected chi connectivity index (χ0v) is 18.0. The number of aromatic nitrogens is 2. The largest absolute Gasteiger partial charge is 0.394 e. The van der Waals surface area contributed by atoms with E-state index in [-0.39, 0.29) is 36.7 Å². The second-order valence-electron chi connectivity index (χ2n) is 8.79. The SMILES string of the molecule is N#CCC1(n2cc(C(N)O)c(NC(=O)C3CC3)n2)CCN(C(CO)c2ccccc2)CC1. The van der Waals surface area contributed by atoms with E-state index in [0.717, 1.165) is 18.4 Å². The Morgan fingerprint density at radius 3 is 2.56 bits per heavy atom. The number of nitrogens with zero attached hydrogens (tertiary/aromatic N) is 4. The van der Waals surface area contributed by atoms with Gasteiger partial charge in [-0.2, -0.15) is 10.4 Å². The van der Waals surface area contributed by atoms with E-state index in [1.165, 1.54) is 0 Å². The maximum Gasteiger partial charge on any atom is 0.228 e. The molecule has 32 heavy (non-hydrogen) atoms. The highest BCUT2D eigenvalue weighted by molar-refractivity contribution is 5.93. The van der Waals surface area contributed by atoms with E-state index in [0.29, 0.717) is 31.5 Å². The highest BCUT2D eigenvalue weighted by Crippen LogP contribution is 2.38. The number of amides is 1. The van der Waals surface area contributed by atoms with E-state index >= 15 is 0 Å². The highest BCUT2D eigenvalue weighted by Gasteiger charge is 2.40. The molecule has 4 rings (SSSR count). The highest BCUT2D eigenvalue weighted by atomic mass is 16.3. The first-order valence-electron chi connectivity index (χ1n) is 11.1. The van der Waals surface area contributed by atoms with Crippen LogP contribution in [-0.4, -0.2) is 50.5 Å². The number of rotatable bonds is 8. The molecule has 0 spiro atoms. The molecule has 1 aromatic carbocycles. The van der Waals surface area contributed by atoms with E-state index in [9.17, 15) is 20.3 Å². The first-order chi connectivity index (χ1) is 15.5. The van der Waals surface area contributed by atoms with Crippen LogP contribution in [0.3, 0.4) is 0 Å². The molecule has 2 aromatic rings. The zero-order valence-electron chi connectivity index (χ0n) is 18.0. The molecule has 2 unspecified atom stereocenters.